The van der Waals surface area contributed by atoms with E-state index in [1.165, 1.54) is 36.4 Å². The van der Waals surface area contributed by atoms with Crippen LogP contribution in [0.3, 0.4) is 0 Å². The number of likely N-dealkylation sites (N-methyl/N-ethyl adjacent to an activating group) is 1. The lowest BCUT2D eigenvalue weighted by atomic mass is 9.70. The monoisotopic (exact) mass is 445 g/mol. The van der Waals surface area contributed by atoms with Crippen LogP contribution in [0, 0.1) is 21.8 Å². The Morgan fingerprint density at radius 2 is 1.85 bits per heavy atom. The maximum atomic E-state index is 14.0. The number of carbonyl (C=O) groups excluding carboxylic acids is 2. The Balaban J connectivity index is 1.72. The lowest BCUT2D eigenvalue weighted by Gasteiger charge is -2.35. The highest BCUT2D eigenvalue weighted by molar-refractivity contribution is 6.12. The average molecular weight is 445 g/mol. The minimum absolute atomic E-state index is 0.0830. The summed E-state index contributed by atoms with van der Waals surface area (Å²) in [6, 6.07) is 18.7. The fraction of sp³-hybridized carbons (Fsp3) is 0.200. The number of amides is 1. The van der Waals surface area contributed by atoms with Gasteiger partial charge in [-0.1, -0.05) is 30.3 Å². The van der Waals surface area contributed by atoms with E-state index in [9.17, 15) is 24.1 Å². The zero-order valence-electron chi connectivity index (χ0n) is 17.7. The first-order chi connectivity index (χ1) is 15.8. The number of non-ortho nitro benzene ring substituents is 1. The fourth-order valence-electron chi connectivity index (χ4n) is 5.36. The van der Waals surface area contributed by atoms with E-state index < -0.39 is 28.1 Å². The van der Waals surface area contributed by atoms with E-state index in [0.29, 0.717) is 23.4 Å². The second-order valence-electron chi connectivity index (χ2n) is 8.45. The molecule has 1 spiro atoms. The van der Waals surface area contributed by atoms with Gasteiger partial charge >= 0.3 is 0 Å². The lowest BCUT2D eigenvalue weighted by Crippen LogP contribution is -2.51. The Bertz CT molecular complexity index is 1290. The highest BCUT2D eigenvalue weighted by Crippen LogP contribution is 2.55. The normalized spacial score (nSPS) is 24.0. The molecule has 1 saturated heterocycles. The third kappa shape index (κ3) is 3.06. The van der Waals surface area contributed by atoms with E-state index in [2.05, 4.69) is 5.32 Å². The molecule has 7 nitrogen and oxygen atoms in total. The molecule has 33 heavy (non-hydrogen) atoms. The van der Waals surface area contributed by atoms with Crippen LogP contribution < -0.4 is 5.32 Å². The number of anilines is 1. The molecule has 3 aromatic carbocycles. The van der Waals surface area contributed by atoms with Gasteiger partial charge in [0.2, 0.25) is 5.91 Å². The van der Waals surface area contributed by atoms with E-state index >= 15 is 0 Å². The highest BCUT2D eigenvalue weighted by Gasteiger charge is 2.64. The second-order valence-corrected chi connectivity index (χ2v) is 8.45. The zero-order chi connectivity index (χ0) is 23.3. The summed E-state index contributed by atoms with van der Waals surface area (Å²) in [5, 5.41) is 14.3. The molecule has 2 aliphatic rings. The molecule has 166 valence electrons. The molecule has 1 amide bonds. The number of ketones is 1. The molecule has 8 heteroatoms. The summed E-state index contributed by atoms with van der Waals surface area (Å²) in [7, 11) is 1.78. The summed E-state index contributed by atoms with van der Waals surface area (Å²) in [5.41, 5.74) is 0.823. The van der Waals surface area contributed by atoms with Gasteiger partial charge in [-0.05, 0) is 42.9 Å². The minimum Gasteiger partial charge on any atom is -0.324 e. The molecular weight excluding hydrogens is 425 g/mol. The first-order valence-electron chi connectivity index (χ1n) is 10.5. The van der Waals surface area contributed by atoms with E-state index in [0.717, 1.165) is 0 Å². The maximum Gasteiger partial charge on any atom is 0.269 e. The van der Waals surface area contributed by atoms with E-state index in [1.807, 2.05) is 23.1 Å². The van der Waals surface area contributed by atoms with Crippen molar-refractivity contribution in [3.8, 4) is 0 Å². The van der Waals surface area contributed by atoms with E-state index in [4.69, 9.17) is 0 Å². The Morgan fingerprint density at radius 1 is 1.12 bits per heavy atom. The van der Waals surface area contributed by atoms with Crippen LogP contribution in [0.2, 0.25) is 0 Å². The summed E-state index contributed by atoms with van der Waals surface area (Å²) in [6.07, 6.45) is 0. The standard InChI is InChI=1S/C25H20FN3O4/c1-28-14-19(16-5-4-6-18(13-16)29(32)33)22(23(30)15-9-11-17(26)12-10-15)25(28)20-7-2-3-8-21(20)27-24(25)31/h2-13,19,22H,14H2,1H3,(H,27,31)/t19-,22?,25-/m1/s1. The SMILES string of the molecule is CN1C[C@H](c2cccc([N+](=O)[O-])c2)C(C(=O)c2ccc(F)cc2)[C@]12C(=O)Nc1ccccc12. The summed E-state index contributed by atoms with van der Waals surface area (Å²) in [6.45, 7) is 0.334. The predicted molar refractivity (Wildman–Crippen MR) is 119 cm³/mol. The largest absolute Gasteiger partial charge is 0.324 e. The van der Waals surface area contributed by atoms with Crippen molar-refractivity contribution >= 4 is 23.1 Å². The van der Waals surface area contributed by atoms with Crippen LogP contribution in [0.1, 0.15) is 27.4 Å². The molecule has 1 N–H and O–H groups in total. The molecule has 1 fully saturated rings. The molecule has 0 saturated carbocycles. The number of benzene rings is 3. The molecule has 0 bridgehead atoms. The van der Waals surface area contributed by atoms with Crippen LogP contribution in [0.5, 0.6) is 0 Å². The summed E-state index contributed by atoms with van der Waals surface area (Å²) >= 11 is 0. The lowest BCUT2D eigenvalue weighted by molar-refractivity contribution is -0.384. The first-order valence-corrected chi connectivity index (χ1v) is 10.5. The van der Waals surface area contributed by atoms with Crippen LogP contribution in [-0.2, 0) is 10.3 Å². The smallest absolute Gasteiger partial charge is 0.269 e. The molecule has 3 aromatic rings. The number of rotatable bonds is 4. The van der Waals surface area contributed by atoms with Crippen molar-refractivity contribution in [2.24, 2.45) is 5.92 Å². The van der Waals surface area contributed by atoms with Gasteiger partial charge < -0.3 is 5.32 Å². The van der Waals surface area contributed by atoms with Crippen LogP contribution in [0.4, 0.5) is 15.8 Å². The van der Waals surface area contributed by atoms with Crippen molar-refractivity contribution in [3.05, 3.63) is 105 Å². The summed E-state index contributed by atoms with van der Waals surface area (Å²) in [5.74, 6) is -2.48. The quantitative estimate of drug-likeness (QED) is 0.371. The van der Waals surface area contributed by atoms with Gasteiger partial charge in [0.05, 0.1) is 10.8 Å². The topological polar surface area (TPSA) is 92.5 Å². The number of fused-ring (bicyclic) bond motifs is 2. The van der Waals surface area contributed by atoms with Crippen LogP contribution in [0.25, 0.3) is 0 Å². The Labute approximate surface area is 189 Å². The number of Topliss-reactive ketones (excluding diaryl/α,β-unsaturated/α-hetero) is 1. The van der Waals surface area contributed by atoms with Gasteiger partial charge in [0.1, 0.15) is 11.4 Å². The Hall–Kier alpha value is -3.91. The van der Waals surface area contributed by atoms with Crippen LogP contribution >= 0.6 is 0 Å². The van der Waals surface area contributed by atoms with Crippen LogP contribution in [0.15, 0.2) is 72.8 Å². The average Bonchev–Trinajstić information content (AvgIpc) is 3.29. The Kier molecular flexibility index (Phi) is 4.83. The van der Waals surface area contributed by atoms with Gasteiger partial charge in [-0.25, -0.2) is 4.39 Å². The van der Waals surface area contributed by atoms with Gasteiger partial charge in [-0.2, -0.15) is 0 Å². The van der Waals surface area contributed by atoms with Gasteiger partial charge in [0.25, 0.3) is 5.69 Å². The summed E-state index contributed by atoms with van der Waals surface area (Å²) < 4.78 is 13.6. The number of para-hydroxylation sites is 1. The molecule has 2 aliphatic heterocycles. The van der Waals surface area contributed by atoms with E-state index in [1.54, 1.807) is 25.2 Å². The molecule has 0 radical (unpaired) electrons. The molecule has 5 rings (SSSR count). The highest BCUT2D eigenvalue weighted by atomic mass is 19.1. The van der Waals surface area contributed by atoms with Crippen molar-refractivity contribution in [3.63, 3.8) is 0 Å². The van der Waals surface area contributed by atoms with Crippen molar-refractivity contribution in [2.45, 2.75) is 11.5 Å². The molecular formula is C25H20FN3O4. The third-order valence-electron chi connectivity index (χ3n) is 6.78. The number of nitro benzene ring substituents is 1. The predicted octanol–water partition coefficient (Wildman–Crippen LogP) is 4.11. The Morgan fingerprint density at radius 3 is 2.58 bits per heavy atom. The maximum absolute atomic E-state index is 14.0. The number of carbonyl (C=O) groups is 2. The van der Waals surface area contributed by atoms with Gasteiger partial charge in [-0.3, -0.25) is 24.6 Å². The number of hydrogen-bond donors (Lipinski definition) is 1. The van der Waals surface area contributed by atoms with Gasteiger partial charge in [0.15, 0.2) is 5.78 Å². The molecule has 2 heterocycles. The van der Waals surface area contributed by atoms with E-state index in [-0.39, 0.29) is 22.9 Å². The molecule has 0 aliphatic carbocycles. The number of nitrogens with zero attached hydrogens (tertiary/aromatic N) is 2. The van der Waals surface area contributed by atoms with Crippen molar-refractivity contribution in [2.75, 3.05) is 18.9 Å². The fourth-order valence-corrected chi connectivity index (χ4v) is 5.36. The number of hydrogen-bond acceptors (Lipinski definition) is 5. The molecule has 1 unspecified atom stereocenters. The molecule has 3 atom stereocenters. The third-order valence-corrected chi connectivity index (χ3v) is 6.78. The number of halogens is 1. The first kappa shape index (κ1) is 21.0. The van der Waals surface area contributed by atoms with Crippen molar-refractivity contribution < 1.29 is 18.9 Å². The minimum atomic E-state index is -1.29. The summed E-state index contributed by atoms with van der Waals surface area (Å²) in [4.78, 5) is 40.3. The van der Waals surface area contributed by atoms with Gasteiger partial charge in [0, 0.05) is 41.4 Å². The number of nitro groups is 1. The van der Waals surface area contributed by atoms with Gasteiger partial charge in [-0.15, -0.1) is 0 Å². The number of nitrogens with one attached hydrogen (secondary N) is 1. The number of likely N-dealkylation sites (tertiary alicyclic amines) is 1. The second kappa shape index (κ2) is 7.60. The molecule has 0 aromatic heterocycles. The zero-order valence-corrected chi connectivity index (χ0v) is 17.7. The van der Waals surface area contributed by atoms with Crippen LogP contribution in [-0.4, -0.2) is 35.1 Å². The van der Waals surface area contributed by atoms with Crippen molar-refractivity contribution in [1.29, 1.82) is 0 Å². The van der Waals surface area contributed by atoms with Crippen molar-refractivity contribution in [1.82, 2.24) is 4.90 Å².